The second kappa shape index (κ2) is 15.8. The molecule has 5 aliphatic rings. The van der Waals surface area contributed by atoms with Crippen molar-refractivity contribution >= 4 is 34.7 Å². The first-order valence-corrected chi connectivity index (χ1v) is 18.7. The summed E-state index contributed by atoms with van der Waals surface area (Å²) >= 11 is 5.47. The van der Waals surface area contributed by atoms with Gasteiger partial charge in [-0.1, -0.05) is 11.3 Å². The Morgan fingerprint density at radius 1 is 1.02 bits per heavy atom. The average Bonchev–Trinajstić information content (AvgIpc) is 3.59. The van der Waals surface area contributed by atoms with Crippen LogP contribution in [0.3, 0.4) is 0 Å². The van der Waals surface area contributed by atoms with Crippen LogP contribution in [0.1, 0.15) is 101 Å². The van der Waals surface area contributed by atoms with Crippen LogP contribution in [0, 0.1) is 34.5 Å². The zero-order chi connectivity index (χ0) is 37.1. The number of thiocarbonyl (C=S) groups is 1. The van der Waals surface area contributed by atoms with E-state index in [-0.39, 0.29) is 44.0 Å². The van der Waals surface area contributed by atoms with Gasteiger partial charge in [-0.25, -0.2) is 0 Å². The average molecular weight is 745 g/mol. The fraction of sp³-hybridized carbons (Fsp3) is 0.676. The summed E-state index contributed by atoms with van der Waals surface area (Å²) in [7, 11) is 0. The lowest BCUT2D eigenvalue weighted by Crippen LogP contribution is -2.46. The largest absolute Gasteiger partial charge is 0.417 e. The maximum absolute atomic E-state index is 13.5. The molecule has 52 heavy (non-hydrogen) atoms. The summed E-state index contributed by atoms with van der Waals surface area (Å²) in [5.41, 5.74) is -1.79. The summed E-state index contributed by atoms with van der Waals surface area (Å²) in [5.74, 6) is 2.57. The molecule has 4 aliphatic carbocycles. The zero-order valence-electron chi connectivity index (χ0n) is 29.8. The van der Waals surface area contributed by atoms with Crippen molar-refractivity contribution in [2.24, 2.45) is 23.2 Å². The molecular weight excluding hydrogens is 698 g/mol. The number of amides is 1. The van der Waals surface area contributed by atoms with E-state index >= 15 is 0 Å². The van der Waals surface area contributed by atoms with Crippen molar-refractivity contribution in [3.8, 4) is 6.07 Å². The predicted octanol–water partition coefficient (Wildman–Crippen LogP) is 6.28. The second-order valence-corrected chi connectivity index (χ2v) is 15.9. The van der Waals surface area contributed by atoms with E-state index in [1.807, 2.05) is 0 Å². The number of aromatic nitrogens is 3. The Labute approximate surface area is 307 Å². The van der Waals surface area contributed by atoms with Crippen LogP contribution in [-0.2, 0) is 31.7 Å². The van der Waals surface area contributed by atoms with Crippen LogP contribution in [-0.4, -0.2) is 75.6 Å². The topological polar surface area (TPSA) is 123 Å². The number of carbonyl (C=O) groups excluding carboxylic acids is 2. The molecule has 2 heterocycles. The van der Waals surface area contributed by atoms with Crippen molar-refractivity contribution in [1.29, 1.82) is 5.26 Å². The maximum atomic E-state index is 13.5. The highest BCUT2D eigenvalue weighted by Gasteiger charge is 2.52. The first kappa shape index (κ1) is 38.1. The number of nitriles is 1. The van der Waals surface area contributed by atoms with Crippen molar-refractivity contribution in [2.75, 3.05) is 38.1 Å². The second-order valence-electron chi connectivity index (χ2n) is 15.5. The van der Waals surface area contributed by atoms with E-state index in [1.165, 1.54) is 60.4 Å². The molecule has 0 N–H and O–H groups in total. The SMILES string of the molecule is CC1(C)C(=O)N(c2ccc(C#N)c(C(F)(F)F)c2)C(=S)N1COCCOCCOn1cc(CCCCCC(=O)CC23CC4CC(CC(C4)C2)C3)nn1. The minimum Gasteiger partial charge on any atom is -0.393 e. The standard InChI is InChI=1S/C37H47F3N6O5S/c1-35(2)33(48)46(30-9-8-28(22-41)32(17-30)37(38,39)40)34(52)44(35)24-50-11-10-49-12-13-51-45-23-29(42-43-45)6-4-3-5-7-31(47)21-36-18-25-14-26(19-36)16-27(15-25)20-36/h8-9,17,23,25-27H,3-7,10-16,18-21,24H2,1-2H3. The Morgan fingerprint density at radius 3 is 2.37 bits per heavy atom. The smallest absolute Gasteiger partial charge is 0.393 e. The van der Waals surface area contributed by atoms with Crippen molar-refractivity contribution < 1.29 is 37.1 Å². The Hall–Kier alpha value is -3.61. The van der Waals surface area contributed by atoms with Gasteiger partial charge < -0.3 is 19.2 Å². The number of unbranched alkanes of at least 4 members (excludes halogenated alkanes) is 2. The van der Waals surface area contributed by atoms with Crippen LogP contribution in [0.25, 0.3) is 0 Å². The van der Waals surface area contributed by atoms with Crippen LogP contribution >= 0.6 is 12.2 Å². The molecular formula is C37H47F3N6O5S. The Bertz CT molecular complexity index is 1640. The molecule has 5 fully saturated rings. The third kappa shape index (κ3) is 8.60. The Balaban J connectivity index is 0.828. The number of aryl methyl sites for hydroxylation is 1. The van der Waals surface area contributed by atoms with Gasteiger partial charge in [0.25, 0.3) is 5.91 Å². The molecule has 0 radical (unpaired) electrons. The molecule has 11 nitrogen and oxygen atoms in total. The molecule has 7 rings (SSSR count). The molecule has 15 heteroatoms. The number of ketones is 1. The lowest BCUT2D eigenvalue weighted by atomic mass is 9.48. The van der Waals surface area contributed by atoms with Gasteiger partial charge in [0, 0.05) is 12.8 Å². The third-order valence-corrected chi connectivity index (χ3v) is 11.6. The molecule has 0 atom stereocenters. The van der Waals surface area contributed by atoms with Gasteiger partial charge >= 0.3 is 6.18 Å². The number of nitrogens with zero attached hydrogens (tertiary/aromatic N) is 6. The first-order chi connectivity index (χ1) is 24.8. The van der Waals surface area contributed by atoms with Gasteiger partial charge in [-0.2, -0.15) is 18.4 Å². The summed E-state index contributed by atoms with van der Waals surface area (Å²) in [6, 6.07) is 4.58. The molecule has 2 aromatic rings. The van der Waals surface area contributed by atoms with Crippen LogP contribution in [0.5, 0.6) is 0 Å². The summed E-state index contributed by atoms with van der Waals surface area (Å²) in [6.45, 7) is 4.00. The summed E-state index contributed by atoms with van der Waals surface area (Å²) in [6.07, 6.45) is 10.1. The minimum atomic E-state index is -4.77. The zero-order valence-corrected chi connectivity index (χ0v) is 30.6. The number of benzene rings is 1. The summed E-state index contributed by atoms with van der Waals surface area (Å²) < 4.78 is 51.9. The van der Waals surface area contributed by atoms with Crippen LogP contribution in [0.15, 0.2) is 24.4 Å². The summed E-state index contributed by atoms with van der Waals surface area (Å²) in [5, 5.41) is 17.3. The molecule has 1 aromatic heterocycles. The van der Waals surface area contributed by atoms with Crippen molar-refractivity contribution in [1.82, 2.24) is 20.1 Å². The fourth-order valence-corrected chi connectivity index (χ4v) is 9.59. The van der Waals surface area contributed by atoms with Gasteiger partial charge in [0.1, 0.15) is 24.7 Å². The molecule has 1 saturated heterocycles. The fourth-order valence-electron chi connectivity index (χ4n) is 9.13. The lowest BCUT2D eigenvalue weighted by Gasteiger charge is -2.56. The molecule has 1 amide bonds. The van der Waals surface area contributed by atoms with Crippen LogP contribution in [0.2, 0.25) is 0 Å². The third-order valence-electron chi connectivity index (χ3n) is 11.2. The summed E-state index contributed by atoms with van der Waals surface area (Å²) in [4.78, 5) is 35.5. The number of rotatable bonds is 18. The number of carbonyl (C=O) groups is 2. The normalized spacial score (nSPS) is 24.9. The van der Waals surface area contributed by atoms with E-state index in [2.05, 4.69) is 10.3 Å². The molecule has 0 spiro atoms. The number of anilines is 1. The van der Waals surface area contributed by atoms with Crippen molar-refractivity contribution in [3.05, 3.63) is 41.2 Å². The highest BCUT2D eigenvalue weighted by atomic mass is 32.1. The van der Waals surface area contributed by atoms with Crippen LogP contribution < -0.4 is 9.74 Å². The number of alkyl halides is 3. The molecule has 4 bridgehead atoms. The Morgan fingerprint density at radius 2 is 1.69 bits per heavy atom. The molecule has 1 aromatic carbocycles. The number of halogens is 3. The first-order valence-electron chi connectivity index (χ1n) is 18.3. The van der Waals surface area contributed by atoms with Crippen LogP contribution in [0.4, 0.5) is 18.9 Å². The molecule has 282 valence electrons. The van der Waals surface area contributed by atoms with Crippen molar-refractivity contribution in [3.63, 3.8) is 0 Å². The van der Waals surface area contributed by atoms with E-state index in [1.54, 1.807) is 20.0 Å². The maximum Gasteiger partial charge on any atom is 0.417 e. The number of hydrogen-bond acceptors (Lipinski definition) is 9. The van der Waals surface area contributed by atoms with E-state index < -0.39 is 28.7 Å². The van der Waals surface area contributed by atoms with Crippen molar-refractivity contribution in [2.45, 2.75) is 103 Å². The number of Topliss-reactive ketones (excluding diaryl/α,β-unsaturated/α-hetero) is 1. The van der Waals surface area contributed by atoms with Gasteiger partial charge in [-0.15, -0.1) is 5.10 Å². The highest BCUT2D eigenvalue weighted by molar-refractivity contribution is 7.80. The van der Waals surface area contributed by atoms with Gasteiger partial charge in [-0.05, 0) is 130 Å². The minimum absolute atomic E-state index is 0.00752. The predicted molar refractivity (Wildman–Crippen MR) is 188 cm³/mol. The Kier molecular flexibility index (Phi) is 11.6. The van der Waals surface area contributed by atoms with Gasteiger partial charge in [0.2, 0.25) is 0 Å². The molecule has 1 aliphatic heterocycles. The van der Waals surface area contributed by atoms with Gasteiger partial charge in [0.15, 0.2) is 5.11 Å². The molecule has 4 saturated carbocycles. The van der Waals surface area contributed by atoms with E-state index in [9.17, 15) is 22.8 Å². The van der Waals surface area contributed by atoms with E-state index in [0.29, 0.717) is 17.6 Å². The van der Waals surface area contributed by atoms with Gasteiger partial charge in [0.05, 0.1) is 54.6 Å². The lowest BCUT2D eigenvalue weighted by molar-refractivity contribution is -0.137. The number of ether oxygens (including phenoxy) is 2. The molecule has 0 unspecified atom stereocenters. The van der Waals surface area contributed by atoms with Gasteiger partial charge in [-0.3, -0.25) is 14.5 Å². The monoisotopic (exact) mass is 744 g/mol. The number of hydrogen-bond donors (Lipinski definition) is 0. The quantitative estimate of drug-likeness (QED) is 0.127. The van der Waals surface area contributed by atoms with E-state index in [0.717, 1.165) is 72.6 Å². The highest BCUT2D eigenvalue weighted by Crippen LogP contribution is 2.61. The van der Waals surface area contributed by atoms with E-state index in [4.69, 9.17) is 31.8 Å².